The van der Waals surface area contributed by atoms with Gasteiger partial charge in [-0.15, -0.1) is 0 Å². The molecule has 0 unspecified atom stereocenters. The van der Waals surface area contributed by atoms with Crippen molar-refractivity contribution in [3.05, 3.63) is 69.8 Å². The second kappa shape index (κ2) is 8.61. The topological polar surface area (TPSA) is 51.1 Å². The molecule has 0 bridgehead atoms. The Labute approximate surface area is 173 Å². The fourth-order valence-corrected chi connectivity index (χ4v) is 3.07. The van der Waals surface area contributed by atoms with Crippen LogP contribution < -0.4 is 15.4 Å². The van der Waals surface area contributed by atoms with E-state index in [1.165, 1.54) is 0 Å². The number of hydrogen-bond acceptors (Lipinski definition) is 3. The van der Waals surface area contributed by atoms with Crippen LogP contribution >= 0.6 is 35.4 Å². The van der Waals surface area contributed by atoms with E-state index in [1.807, 2.05) is 49.5 Å². The zero-order valence-electron chi connectivity index (χ0n) is 14.8. The van der Waals surface area contributed by atoms with Gasteiger partial charge >= 0.3 is 0 Å². The molecular formula is C19H18Cl2N4OS. The molecule has 0 spiro atoms. The van der Waals surface area contributed by atoms with Crippen molar-refractivity contribution in [2.75, 3.05) is 17.7 Å². The number of aromatic nitrogens is 2. The smallest absolute Gasteiger partial charge is 0.176 e. The minimum atomic E-state index is 0.429. The normalized spacial score (nSPS) is 10.5. The lowest BCUT2D eigenvalue weighted by molar-refractivity contribution is 0.417. The minimum absolute atomic E-state index is 0.429. The van der Waals surface area contributed by atoms with Crippen molar-refractivity contribution in [3.63, 3.8) is 0 Å². The molecule has 0 fully saturated rings. The minimum Gasteiger partial charge on any atom is -0.495 e. The van der Waals surface area contributed by atoms with Crippen LogP contribution in [-0.2, 0) is 6.54 Å². The first kappa shape index (κ1) is 19.5. The van der Waals surface area contributed by atoms with E-state index in [1.54, 1.807) is 17.9 Å². The Morgan fingerprint density at radius 3 is 2.67 bits per heavy atom. The summed E-state index contributed by atoms with van der Waals surface area (Å²) in [6, 6.07) is 13.2. The van der Waals surface area contributed by atoms with E-state index in [0.717, 1.165) is 22.6 Å². The van der Waals surface area contributed by atoms with Gasteiger partial charge in [0.15, 0.2) is 10.9 Å². The lowest BCUT2D eigenvalue weighted by Crippen LogP contribution is -2.20. The molecule has 1 aromatic heterocycles. The monoisotopic (exact) mass is 420 g/mol. The molecule has 8 heteroatoms. The fraction of sp³-hybridized carbons (Fsp3) is 0.158. The highest BCUT2D eigenvalue weighted by atomic mass is 35.5. The summed E-state index contributed by atoms with van der Waals surface area (Å²) in [5, 5.41) is 12.2. The van der Waals surface area contributed by atoms with Crippen LogP contribution in [0.3, 0.4) is 0 Å². The van der Waals surface area contributed by atoms with Crippen molar-refractivity contribution < 1.29 is 4.74 Å². The predicted molar refractivity (Wildman–Crippen MR) is 115 cm³/mol. The first-order valence-electron chi connectivity index (χ1n) is 8.14. The maximum Gasteiger partial charge on any atom is 0.176 e. The third-order valence-corrected chi connectivity index (χ3v) is 4.76. The summed E-state index contributed by atoms with van der Waals surface area (Å²) in [6.07, 6.45) is 1.86. The Balaban J connectivity index is 1.64. The summed E-state index contributed by atoms with van der Waals surface area (Å²) in [6.45, 7) is 2.58. The SMILES string of the molecule is COc1ccc(C)cc1NC(=S)Nc1ccn(Cc2ccc(Cl)c(Cl)c2)n1. The van der Waals surface area contributed by atoms with Gasteiger partial charge in [-0.2, -0.15) is 5.10 Å². The molecule has 3 aromatic rings. The van der Waals surface area contributed by atoms with E-state index in [2.05, 4.69) is 15.7 Å². The Morgan fingerprint density at radius 1 is 1.11 bits per heavy atom. The number of aryl methyl sites for hydroxylation is 1. The standard InChI is InChI=1S/C19H18Cl2N4OS/c1-12-3-6-17(26-2)16(9-12)22-19(27)23-18-7-8-25(24-18)11-13-4-5-14(20)15(21)10-13/h3-10H,11H2,1-2H3,(H2,22,23,24,27). The highest BCUT2D eigenvalue weighted by Crippen LogP contribution is 2.25. The second-order valence-corrected chi connectivity index (χ2v) is 7.15. The van der Waals surface area contributed by atoms with Crippen molar-refractivity contribution >= 4 is 52.0 Å². The van der Waals surface area contributed by atoms with E-state index in [4.69, 9.17) is 40.2 Å². The van der Waals surface area contributed by atoms with Gasteiger partial charge in [0, 0.05) is 12.3 Å². The molecule has 140 valence electrons. The van der Waals surface area contributed by atoms with Crippen LogP contribution in [0.2, 0.25) is 10.0 Å². The number of halogens is 2. The Bertz CT molecular complexity index is 974. The Hall–Kier alpha value is -2.28. The molecule has 0 radical (unpaired) electrons. The molecule has 0 aliphatic carbocycles. The Kier molecular flexibility index (Phi) is 6.21. The molecule has 0 aliphatic heterocycles. The van der Waals surface area contributed by atoms with Crippen LogP contribution in [-0.4, -0.2) is 22.0 Å². The molecule has 0 saturated heterocycles. The quantitative estimate of drug-likeness (QED) is 0.543. The van der Waals surface area contributed by atoms with Crippen LogP contribution in [0.4, 0.5) is 11.5 Å². The number of hydrogen-bond donors (Lipinski definition) is 2. The maximum absolute atomic E-state index is 6.06. The number of rotatable bonds is 5. The molecule has 3 rings (SSSR count). The molecule has 0 aliphatic rings. The van der Waals surface area contributed by atoms with E-state index < -0.39 is 0 Å². The third-order valence-electron chi connectivity index (χ3n) is 3.81. The van der Waals surface area contributed by atoms with E-state index in [0.29, 0.717) is 27.5 Å². The van der Waals surface area contributed by atoms with E-state index >= 15 is 0 Å². The van der Waals surface area contributed by atoms with Gasteiger partial charge in [0.2, 0.25) is 0 Å². The van der Waals surface area contributed by atoms with Crippen molar-refractivity contribution in [1.29, 1.82) is 0 Å². The number of nitrogens with zero attached hydrogens (tertiary/aromatic N) is 2. The van der Waals surface area contributed by atoms with Gasteiger partial charge < -0.3 is 15.4 Å². The molecule has 0 atom stereocenters. The van der Waals surface area contributed by atoms with Gasteiger partial charge in [-0.05, 0) is 54.5 Å². The summed E-state index contributed by atoms with van der Waals surface area (Å²) < 4.78 is 7.14. The van der Waals surface area contributed by atoms with Crippen LogP contribution in [0.25, 0.3) is 0 Å². The van der Waals surface area contributed by atoms with E-state index in [-0.39, 0.29) is 0 Å². The van der Waals surface area contributed by atoms with Crippen LogP contribution in [0.15, 0.2) is 48.7 Å². The average molecular weight is 421 g/mol. The van der Waals surface area contributed by atoms with Gasteiger partial charge in [-0.25, -0.2) is 0 Å². The van der Waals surface area contributed by atoms with Crippen molar-refractivity contribution in [3.8, 4) is 5.75 Å². The third kappa shape index (κ3) is 5.13. The van der Waals surface area contributed by atoms with Gasteiger partial charge in [-0.1, -0.05) is 35.3 Å². The molecule has 1 heterocycles. The van der Waals surface area contributed by atoms with Gasteiger partial charge in [0.1, 0.15) is 5.75 Å². The average Bonchev–Trinajstić information content (AvgIpc) is 3.05. The summed E-state index contributed by atoms with van der Waals surface area (Å²) >= 11 is 17.4. The highest BCUT2D eigenvalue weighted by molar-refractivity contribution is 7.80. The fourth-order valence-electron chi connectivity index (χ4n) is 2.53. The molecule has 2 N–H and O–H groups in total. The van der Waals surface area contributed by atoms with Crippen LogP contribution in [0, 0.1) is 6.92 Å². The maximum atomic E-state index is 6.06. The summed E-state index contributed by atoms with van der Waals surface area (Å²) in [5.41, 5.74) is 2.90. The molecule has 2 aromatic carbocycles. The number of methoxy groups -OCH3 is 1. The van der Waals surface area contributed by atoms with Crippen LogP contribution in [0.5, 0.6) is 5.75 Å². The number of benzene rings is 2. The highest BCUT2D eigenvalue weighted by Gasteiger charge is 2.08. The van der Waals surface area contributed by atoms with Crippen LogP contribution in [0.1, 0.15) is 11.1 Å². The molecule has 0 amide bonds. The number of nitrogens with one attached hydrogen (secondary N) is 2. The zero-order chi connectivity index (χ0) is 19.4. The largest absolute Gasteiger partial charge is 0.495 e. The van der Waals surface area contributed by atoms with Gasteiger partial charge in [0.05, 0.1) is 29.4 Å². The first-order chi connectivity index (χ1) is 12.9. The second-order valence-electron chi connectivity index (χ2n) is 5.93. The number of anilines is 2. The number of ether oxygens (including phenoxy) is 1. The van der Waals surface area contributed by atoms with Crippen molar-refractivity contribution in [2.45, 2.75) is 13.5 Å². The number of thiocarbonyl (C=S) groups is 1. The Morgan fingerprint density at radius 2 is 1.93 bits per heavy atom. The first-order valence-corrected chi connectivity index (χ1v) is 9.31. The van der Waals surface area contributed by atoms with Gasteiger partial charge in [-0.3, -0.25) is 4.68 Å². The zero-order valence-corrected chi connectivity index (χ0v) is 17.1. The predicted octanol–water partition coefficient (Wildman–Crippen LogP) is 5.36. The lowest BCUT2D eigenvalue weighted by atomic mass is 10.2. The van der Waals surface area contributed by atoms with E-state index in [9.17, 15) is 0 Å². The molecule has 5 nitrogen and oxygen atoms in total. The summed E-state index contributed by atoms with van der Waals surface area (Å²) in [7, 11) is 1.62. The molecule has 27 heavy (non-hydrogen) atoms. The van der Waals surface area contributed by atoms with Gasteiger partial charge in [0.25, 0.3) is 0 Å². The molecular weight excluding hydrogens is 403 g/mol. The summed E-state index contributed by atoms with van der Waals surface area (Å²) in [5.74, 6) is 1.36. The van der Waals surface area contributed by atoms with Crippen molar-refractivity contribution in [2.24, 2.45) is 0 Å². The van der Waals surface area contributed by atoms with Crippen molar-refractivity contribution in [1.82, 2.24) is 9.78 Å². The summed E-state index contributed by atoms with van der Waals surface area (Å²) in [4.78, 5) is 0. The lowest BCUT2D eigenvalue weighted by Gasteiger charge is -2.13. The molecule has 0 saturated carbocycles.